The van der Waals surface area contributed by atoms with Crippen molar-refractivity contribution < 1.29 is 0 Å². The minimum absolute atomic E-state index is 0.592. The average molecular weight is 263 g/mol. The molecule has 19 heavy (non-hydrogen) atoms. The fourth-order valence-electron chi connectivity index (χ4n) is 3.53. The number of nitrogens with one attached hydrogen (secondary N) is 1. The van der Waals surface area contributed by atoms with Gasteiger partial charge in [0.25, 0.3) is 0 Å². The molecule has 1 aliphatic carbocycles. The molecule has 3 nitrogen and oxygen atoms in total. The quantitative estimate of drug-likeness (QED) is 0.818. The van der Waals surface area contributed by atoms with Gasteiger partial charge in [0.2, 0.25) is 0 Å². The lowest BCUT2D eigenvalue weighted by molar-refractivity contribution is 0.353. The molecule has 1 N–H and O–H groups in total. The van der Waals surface area contributed by atoms with Gasteiger partial charge in [-0.2, -0.15) is 0 Å². The van der Waals surface area contributed by atoms with Crippen molar-refractivity contribution in [2.24, 2.45) is 11.8 Å². The van der Waals surface area contributed by atoms with Crippen LogP contribution in [-0.2, 0) is 13.0 Å². The summed E-state index contributed by atoms with van der Waals surface area (Å²) in [6.07, 6.45) is 11.9. The van der Waals surface area contributed by atoms with Gasteiger partial charge in [-0.25, -0.2) is 4.98 Å². The highest BCUT2D eigenvalue weighted by molar-refractivity contribution is 4.98. The van der Waals surface area contributed by atoms with E-state index in [9.17, 15) is 0 Å². The molecule has 0 bridgehead atoms. The summed E-state index contributed by atoms with van der Waals surface area (Å²) in [5.41, 5.74) is 0. The smallest absolute Gasteiger partial charge is 0.110 e. The molecule has 0 saturated heterocycles. The molecule has 1 saturated carbocycles. The molecule has 2 rings (SSSR count). The van der Waals surface area contributed by atoms with Crippen molar-refractivity contribution in [2.75, 3.05) is 7.05 Å². The number of rotatable bonds is 7. The second kappa shape index (κ2) is 7.09. The molecule has 0 amide bonds. The zero-order chi connectivity index (χ0) is 13.7. The van der Waals surface area contributed by atoms with Crippen molar-refractivity contribution in [2.45, 2.75) is 65.0 Å². The van der Waals surface area contributed by atoms with E-state index in [1.54, 1.807) is 0 Å². The van der Waals surface area contributed by atoms with Gasteiger partial charge < -0.3 is 9.88 Å². The Balaban J connectivity index is 1.97. The first kappa shape index (κ1) is 14.6. The molecule has 108 valence electrons. The first-order valence-electron chi connectivity index (χ1n) is 7.95. The van der Waals surface area contributed by atoms with Gasteiger partial charge in [-0.3, -0.25) is 0 Å². The Labute approximate surface area is 117 Å². The molecule has 3 heteroatoms. The van der Waals surface area contributed by atoms with Gasteiger partial charge in [0.1, 0.15) is 5.82 Å². The van der Waals surface area contributed by atoms with Gasteiger partial charge in [-0.15, -0.1) is 0 Å². The van der Waals surface area contributed by atoms with Crippen molar-refractivity contribution in [3.05, 3.63) is 18.2 Å². The monoisotopic (exact) mass is 263 g/mol. The summed E-state index contributed by atoms with van der Waals surface area (Å²) < 4.78 is 2.32. The van der Waals surface area contributed by atoms with Crippen LogP contribution in [0.1, 0.15) is 51.8 Å². The summed E-state index contributed by atoms with van der Waals surface area (Å²) >= 11 is 0. The van der Waals surface area contributed by atoms with Gasteiger partial charge in [0.15, 0.2) is 0 Å². The minimum Gasteiger partial charge on any atom is -0.335 e. The Bertz CT molecular complexity index is 372. The molecule has 3 atom stereocenters. The van der Waals surface area contributed by atoms with Crippen molar-refractivity contribution in [3.8, 4) is 0 Å². The maximum atomic E-state index is 4.56. The van der Waals surface area contributed by atoms with Gasteiger partial charge >= 0.3 is 0 Å². The lowest BCUT2D eigenvalue weighted by Crippen LogP contribution is -2.35. The van der Waals surface area contributed by atoms with Gasteiger partial charge in [0, 0.05) is 31.4 Å². The number of likely N-dealkylation sites (N-methyl/N-ethyl adjacent to an activating group) is 1. The zero-order valence-electron chi connectivity index (χ0n) is 12.7. The highest BCUT2D eigenvalue weighted by atomic mass is 15.1. The van der Waals surface area contributed by atoms with Gasteiger partial charge in [0.05, 0.1) is 0 Å². The summed E-state index contributed by atoms with van der Waals surface area (Å²) in [7, 11) is 2.11. The minimum atomic E-state index is 0.592. The molecule has 1 fully saturated rings. The van der Waals surface area contributed by atoms with Crippen LogP contribution in [0.4, 0.5) is 0 Å². The number of nitrogens with zero attached hydrogens (tertiary/aromatic N) is 2. The summed E-state index contributed by atoms with van der Waals surface area (Å²) in [6, 6.07) is 0.592. The lowest BCUT2D eigenvalue weighted by atomic mass is 9.93. The summed E-state index contributed by atoms with van der Waals surface area (Å²) in [4.78, 5) is 4.56. The van der Waals surface area contributed by atoms with Gasteiger partial charge in [-0.05, 0) is 38.1 Å². The SMILES string of the molecule is CCCn1ccnc1CC(NC)C1CCC(CC)C1. The Morgan fingerprint density at radius 2 is 2.26 bits per heavy atom. The summed E-state index contributed by atoms with van der Waals surface area (Å²) in [5, 5.41) is 3.54. The predicted octanol–water partition coefficient (Wildman–Crippen LogP) is 3.25. The number of imidazole rings is 1. The van der Waals surface area contributed by atoms with Crippen LogP contribution in [0.3, 0.4) is 0 Å². The van der Waals surface area contributed by atoms with Crippen LogP contribution in [0.25, 0.3) is 0 Å². The average Bonchev–Trinajstić information content (AvgIpc) is 3.05. The first-order chi connectivity index (χ1) is 9.28. The van der Waals surface area contributed by atoms with E-state index in [1.807, 2.05) is 6.20 Å². The third-order valence-corrected chi connectivity index (χ3v) is 4.77. The lowest BCUT2D eigenvalue weighted by Gasteiger charge is -2.23. The number of hydrogen-bond donors (Lipinski definition) is 1. The van der Waals surface area contributed by atoms with E-state index in [-0.39, 0.29) is 0 Å². The van der Waals surface area contributed by atoms with E-state index in [1.165, 1.54) is 37.9 Å². The maximum Gasteiger partial charge on any atom is 0.110 e. The highest BCUT2D eigenvalue weighted by Crippen LogP contribution is 2.35. The summed E-state index contributed by atoms with van der Waals surface area (Å²) in [6.45, 7) is 5.64. The van der Waals surface area contributed by atoms with Crippen LogP contribution in [0, 0.1) is 11.8 Å². The largest absolute Gasteiger partial charge is 0.335 e. The molecule has 0 aliphatic heterocycles. The third-order valence-electron chi connectivity index (χ3n) is 4.77. The molecular weight excluding hydrogens is 234 g/mol. The number of aryl methyl sites for hydroxylation is 1. The zero-order valence-corrected chi connectivity index (χ0v) is 12.7. The van der Waals surface area contributed by atoms with Crippen LogP contribution in [0.5, 0.6) is 0 Å². The molecule has 0 aromatic carbocycles. The molecule has 1 aromatic rings. The topological polar surface area (TPSA) is 29.9 Å². The van der Waals surface area contributed by atoms with E-state index in [0.29, 0.717) is 6.04 Å². The third kappa shape index (κ3) is 3.59. The van der Waals surface area contributed by atoms with E-state index < -0.39 is 0 Å². The Morgan fingerprint density at radius 1 is 1.42 bits per heavy atom. The molecule has 3 unspecified atom stereocenters. The first-order valence-corrected chi connectivity index (χ1v) is 7.95. The summed E-state index contributed by atoms with van der Waals surface area (Å²) in [5.74, 6) is 3.04. The van der Waals surface area contributed by atoms with Crippen molar-refractivity contribution in [1.29, 1.82) is 0 Å². The molecule has 1 aromatic heterocycles. The number of aromatic nitrogens is 2. The molecular formula is C16H29N3. The van der Waals surface area contributed by atoms with Crippen LogP contribution >= 0.6 is 0 Å². The van der Waals surface area contributed by atoms with E-state index in [0.717, 1.165) is 24.8 Å². The Hall–Kier alpha value is -0.830. The predicted molar refractivity (Wildman–Crippen MR) is 80.2 cm³/mol. The maximum absolute atomic E-state index is 4.56. The fourth-order valence-corrected chi connectivity index (χ4v) is 3.53. The highest BCUT2D eigenvalue weighted by Gasteiger charge is 2.29. The Morgan fingerprint density at radius 3 is 2.89 bits per heavy atom. The molecule has 1 aliphatic rings. The van der Waals surface area contributed by atoms with E-state index in [2.05, 4.69) is 42.0 Å². The van der Waals surface area contributed by atoms with Gasteiger partial charge in [-0.1, -0.05) is 26.7 Å². The van der Waals surface area contributed by atoms with Crippen LogP contribution < -0.4 is 5.32 Å². The second-order valence-corrected chi connectivity index (χ2v) is 5.98. The van der Waals surface area contributed by atoms with E-state index >= 15 is 0 Å². The van der Waals surface area contributed by atoms with Crippen molar-refractivity contribution >= 4 is 0 Å². The number of hydrogen-bond acceptors (Lipinski definition) is 2. The molecule has 0 radical (unpaired) electrons. The van der Waals surface area contributed by atoms with E-state index in [4.69, 9.17) is 0 Å². The standard InChI is InChI=1S/C16H29N3/c1-4-9-19-10-8-18-16(19)12-15(17-3)14-7-6-13(5-2)11-14/h8,10,13-15,17H,4-7,9,11-12H2,1-3H3. The molecule has 0 spiro atoms. The Kier molecular flexibility index (Phi) is 5.44. The fraction of sp³-hybridized carbons (Fsp3) is 0.812. The van der Waals surface area contributed by atoms with Crippen LogP contribution in [-0.4, -0.2) is 22.6 Å². The molecule has 1 heterocycles. The normalized spacial score (nSPS) is 24.8. The van der Waals surface area contributed by atoms with Crippen molar-refractivity contribution in [1.82, 2.24) is 14.9 Å². The van der Waals surface area contributed by atoms with Crippen LogP contribution in [0.2, 0.25) is 0 Å². The van der Waals surface area contributed by atoms with Crippen LogP contribution in [0.15, 0.2) is 12.4 Å². The second-order valence-electron chi connectivity index (χ2n) is 5.98. The van der Waals surface area contributed by atoms with Crippen molar-refractivity contribution in [3.63, 3.8) is 0 Å².